The van der Waals surface area contributed by atoms with Gasteiger partial charge in [-0.05, 0) is 50.1 Å². The maximum Gasteiger partial charge on any atom is 0.120 e. The first-order valence-corrected chi connectivity index (χ1v) is 5.68. The van der Waals surface area contributed by atoms with Gasteiger partial charge in [-0.15, -0.1) is 0 Å². The van der Waals surface area contributed by atoms with E-state index in [9.17, 15) is 0 Å². The van der Waals surface area contributed by atoms with Crippen molar-refractivity contribution in [2.75, 3.05) is 13.1 Å². The summed E-state index contributed by atoms with van der Waals surface area (Å²) >= 11 is 0. The lowest BCUT2D eigenvalue weighted by atomic mass is 10.1. The van der Waals surface area contributed by atoms with Crippen molar-refractivity contribution in [2.45, 2.75) is 25.9 Å². The van der Waals surface area contributed by atoms with Gasteiger partial charge in [-0.2, -0.15) is 5.26 Å². The van der Waals surface area contributed by atoms with Crippen LogP contribution in [0, 0.1) is 18.3 Å². The lowest BCUT2D eigenvalue weighted by Gasteiger charge is -2.24. The Morgan fingerprint density at radius 2 is 2.38 bits per heavy atom. The van der Waals surface area contributed by atoms with Crippen molar-refractivity contribution in [2.24, 2.45) is 0 Å². The van der Waals surface area contributed by atoms with Gasteiger partial charge < -0.3 is 10.1 Å². The third-order valence-electron chi connectivity index (χ3n) is 2.87. The highest BCUT2D eigenvalue weighted by Gasteiger charge is 2.14. The molecule has 0 radical (unpaired) electrons. The summed E-state index contributed by atoms with van der Waals surface area (Å²) in [6.07, 6.45) is 2.53. The third-order valence-corrected chi connectivity index (χ3v) is 2.87. The van der Waals surface area contributed by atoms with Crippen LogP contribution in [0.15, 0.2) is 18.2 Å². The van der Waals surface area contributed by atoms with Gasteiger partial charge in [0, 0.05) is 6.54 Å². The Bertz CT molecular complexity index is 403. The number of hydrogen-bond donors (Lipinski definition) is 1. The average Bonchev–Trinajstić information content (AvgIpc) is 2.31. The number of benzene rings is 1. The van der Waals surface area contributed by atoms with E-state index < -0.39 is 0 Å². The van der Waals surface area contributed by atoms with Crippen molar-refractivity contribution in [1.29, 1.82) is 5.26 Å². The molecule has 0 amide bonds. The Balaban J connectivity index is 2.04. The molecule has 1 aliphatic rings. The zero-order valence-corrected chi connectivity index (χ0v) is 9.49. The van der Waals surface area contributed by atoms with E-state index in [1.807, 2.05) is 25.1 Å². The van der Waals surface area contributed by atoms with Gasteiger partial charge in [-0.1, -0.05) is 0 Å². The Morgan fingerprint density at radius 1 is 1.50 bits per heavy atom. The largest absolute Gasteiger partial charge is 0.489 e. The van der Waals surface area contributed by atoms with E-state index in [1.54, 1.807) is 0 Å². The fraction of sp³-hybridized carbons (Fsp3) is 0.462. The smallest absolute Gasteiger partial charge is 0.120 e. The predicted octanol–water partition coefficient (Wildman–Crippen LogP) is 2.00. The van der Waals surface area contributed by atoms with Crippen LogP contribution >= 0.6 is 0 Å². The highest BCUT2D eigenvalue weighted by molar-refractivity contribution is 5.41. The molecule has 1 N–H and O–H groups in total. The van der Waals surface area contributed by atoms with Gasteiger partial charge in [-0.3, -0.25) is 0 Å². The van der Waals surface area contributed by atoms with Crippen molar-refractivity contribution in [3.05, 3.63) is 29.3 Å². The van der Waals surface area contributed by atoms with E-state index in [0.717, 1.165) is 30.8 Å². The molecule has 1 atom stereocenters. The summed E-state index contributed by atoms with van der Waals surface area (Å²) in [6.45, 7) is 3.94. The van der Waals surface area contributed by atoms with Gasteiger partial charge in [0.2, 0.25) is 0 Å². The molecule has 16 heavy (non-hydrogen) atoms. The van der Waals surface area contributed by atoms with Crippen LogP contribution < -0.4 is 10.1 Å². The first-order valence-electron chi connectivity index (χ1n) is 5.68. The van der Waals surface area contributed by atoms with Crippen molar-refractivity contribution in [1.82, 2.24) is 5.32 Å². The van der Waals surface area contributed by atoms with E-state index in [4.69, 9.17) is 10.00 Å². The molecular weight excluding hydrogens is 200 g/mol. The van der Waals surface area contributed by atoms with Crippen molar-refractivity contribution < 1.29 is 4.74 Å². The highest BCUT2D eigenvalue weighted by Crippen LogP contribution is 2.19. The van der Waals surface area contributed by atoms with Gasteiger partial charge >= 0.3 is 0 Å². The van der Waals surface area contributed by atoms with Crippen LogP contribution in [-0.4, -0.2) is 19.2 Å². The van der Waals surface area contributed by atoms with Gasteiger partial charge in [0.05, 0.1) is 11.6 Å². The minimum atomic E-state index is 0.265. The molecule has 0 saturated carbocycles. The molecule has 3 nitrogen and oxygen atoms in total. The van der Waals surface area contributed by atoms with Crippen LogP contribution in [-0.2, 0) is 0 Å². The third kappa shape index (κ3) is 2.53. The minimum absolute atomic E-state index is 0.265. The van der Waals surface area contributed by atoms with E-state index in [1.165, 1.54) is 6.42 Å². The molecule has 0 bridgehead atoms. The van der Waals surface area contributed by atoms with E-state index in [-0.39, 0.29) is 6.10 Å². The standard InChI is InChI=1S/C13H16N2O/c1-10-7-12(5-4-11(10)8-14)16-13-3-2-6-15-9-13/h4-5,7,13,15H,2-3,6,9H2,1H3/t13-/m0/s1. The Labute approximate surface area is 96.0 Å². The number of aryl methyl sites for hydroxylation is 1. The molecule has 0 unspecified atom stereocenters. The van der Waals surface area contributed by atoms with Crippen molar-refractivity contribution in [3.8, 4) is 11.8 Å². The number of ether oxygens (including phenoxy) is 1. The van der Waals surface area contributed by atoms with Crippen LogP contribution in [0.25, 0.3) is 0 Å². The molecule has 0 aliphatic carbocycles. The fourth-order valence-corrected chi connectivity index (χ4v) is 1.95. The lowest BCUT2D eigenvalue weighted by Crippen LogP contribution is -2.37. The topological polar surface area (TPSA) is 45.0 Å². The summed E-state index contributed by atoms with van der Waals surface area (Å²) < 4.78 is 5.86. The first-order chi connectivity index (χ1) is 7.79. The Morgan fingerprint density at radius 3 is 3.00 bits per heavy atom. The van der Waals surface area contributed by atoms with E-state index in [0.29, 0.717) is 5.56 Å². The average molecular weight is 216 g/mol. The van der Waals surface area contributed by atoms with Crippen LogP contribution in [0.5, 0.6) is 5.75 Å². The molecule has 1 saturated heterocycles. The number of nitrogens with one attached hydrogen (secondary N) is 1. The van der Waals surface area contributed by atoms with E-state index >= 15 is 0 Å². The Hall–Kier alpha value is -1.53. The monoisotopic (exact) mass is 216 g/mol. The SMILES string of the molecule is Cc1cc(O[C@H]2CCCNC2)ccc1C#N. The summed E-state index contributed by atoms with van der Waals surface area (Å²) in [5.41, 5.74) is 1.69. The fourth-order valence-electron chi connectivity index (χ4n) is 1.95. The number of nitrogens with zero attached hydrogens (tertiary/aromatic N) is 1. The van der Waals surface area contributed by atoms with Crippen LogP contribution in [0.1, 0.15) is 24.0 Å². The summed E-state index contributed by atoms with van der Waals surface area (Å²) in [6, 6.07) is 7.79. The molecular formula is C13H16N2O. The molecule has 2 rings (SSSR count). The maximum absolute atomic E-state index is 8.83. The van der Waals surface area contributed by atoms with Crippen LogP contribution in [0.4, 0.5) is 0 Å². The molecule has 3 heteroatoms. The number of hydrogen-bond acceptors (Lipinski definition) is 3. The zero-order chi connectivity index (χ0) is 11.4. The minimum Gasteiger partial charge on any atom is -0.489 e. The molecule has 0 spiro atoms. The summed E-state index contributed by atoms with van der Waals surface area (Å²) in [4.78, 5) is 0. The second kappa shape index (κ2) is 5.00. The normalized spacial score (nSPS) is 20.1. The summed E-state index contributed by atoms with van der Waals surface area (Å²) in [7, 11) is 0. The van der Waals surface area contributed by atoms with Gasteiger partial charge in [0.25, 0.3) is 0 Å². The molecule has 1 aromatic rings. The highest BCUT2D eigenvalue weighted by atomic mass is 16.5. The number of nitriles is 1. The second-order valence-electron chi connectivity index (χ2n) is 4.17. The summed E-state index contributed by atoms with van der Waals surface area (Å²) in [5, 5.41) is 12.1. The van der Waals surface area contributed by atoms with Gasteiger partial charge in [0.15, 0.2) is 0 Å². The van der Waals surface area contributed by atoms with Crippen molar-refractivity contribution >= 4 is 0 Å². The van der Waals surface area contributed by atoms with Gasteiger partial charge in [0.1, 0.15) is 11.9 Å². The lowest BCUT2D eigenvalue weighted by molar-refractivity contribution is 0.167. The Kier molecular flexibility index (Phi) is 3.43. The molecule has 0 aromatic heterocycles. The first kappa shape index (κ1) is 11.0. The zero-order valence-electron chi connectivity index (χ0n) is 9.49. The number of piperidine rings is 1. The molecule has 1 aromatic carbocycles. The predicted molar refractivity (Wildman–Crippen MR) is 62.4 cm³/mol. The quantitative estimate of drug-likeness (QED) is 0.822. The van der Waals surface area contributed by atoms with Crippen LogP contribution in [0.2, 0.25) is 0 Å². The van der Waals surface area contributed by atoms with E-state index in [2.05, 4.69) is 11.4 Å². The van der Waals surface area contributed by atoms with Crippen molar-refractivity contribution in [3.63, 3.8) is 0 Å². The van der Waals surface area contributed by atoms with Gasteiger partial charge in [-0.25, -0.2) is 0 Å². The molecule has 1 aliphatic heterocycles. The second-order valence-corrected chi connectivity index (χ2v) is 4.17. The maximum atomic E-state index is 8.83. The molecule has 1 fully saturated rings. The molecule has 84 valence electrons. The molecule has 1 heterocycles. The van der Waals surface area contributed by atoms with Crippen LogP contribution in [0.3, 0.4) is 0 Å². The number of rotatable bonds is 2. The summed E-state index contributed by atoms with van der Waals surface area (Å²) in [5.74, 6) is 0.866.